The molecule has 1 aliphatic heterocycles. The zero-order valence-corrected chi connectivity index (χ0v) is 11.1. The minimum absolute atomic E-state index is 0.277. The summed E-state index contributed by atoms with van der Waals surface area (Å²) in [7, 11) is 0. The summed E-state index contributed by atoms with van der Waals surface area (Å²) in [6.45, 7) is 8.91. The SMILES string of the molecule is CC(C)CN1CCC(NCCCC(=O)O)CC1. The molecule has 1 fully saturated rings. The molecule has 4 heteroatoms. The first-order valence-electron chi connectivity index (χ1n) is 6.75. The van der Waals surface area contributed by atoms with E-state index >= 15 is 0 Å². The lowest BCUT2D eigenvalue weighted by Gasteiger charge is -2.33. The van der Waals surface area contributed by atoms with E-state index < -0.39 is 5.97 Å². The Labute approximate surface area is 104 Å². The Kier molecular flexibility index (Phi) is 6.52. The number of hydrogen-bond donors (Lipinski definition) is 2. The molecule has 0 unspecified atom stereocenters. The van der Waals surface area contributed by atoms with Crippen molar-refractivity contribution in [2.75, 3.05) is 26.2 Å². The van der Waals surface area contributed by atoms with Gasteiger partial charge in [-0.3, -0.25) is 4.79 Å². The number of carboxylic acids is 1. The van der Waals surface area contributed by atoms with E-state index in [1.165, 1.54) is 32.5 Å². The monoisotopic (exact) mass is 242 g/mol. The van der Waals surface area contributed by atoms with Crippen LogP contribution in [-0.4, -0.2) is 48.2 Å². The second kappa shape index (κ2) is 7.67. The highest BCUT2D eigenvalue weighted by atomic mass is 16.4. The summed E-state index contributed by atoms with van der Waals surface area (Å²) < 4.78 is 0. The fraction of sp³-hybridized carbons (Fsp3) is 0.923. The molecular weight excluding hydrogens is 216 g/mol. The van der Waals surface area contributed by atoms with E-state index in [0.29, 0.717) is 6.04 Å². The van der Waals surface area contributed by atoms with Crippen LogP contribution in [0.1, 0.15) is 39.5 Å². The van der Waals surface area contributed by atoms with Crippen LogP contribution in [0.2, 0.25) is 0 Å². The van der Waals surface area contributed by atoms with Gasteiger partial charge in [0.25, 0.3) is 0 Å². The first kappa shape index (κ1) is 14.5. The Bertz CT molecular complexity index is 223. The Morgan fingerprint density at radius 1 is 1.41 bits per heavy atom. The Balaban J connectivity index is 2.04. The van der Waals surface area contributed by atoms with Gasteiger partial charge in [0.1, 0.15) is 0 Å². The van der Waals surface area contributed by atoms with Gasteiger partial charge in [-0.1, -0.05) is 13.8 Å². The molecule has 0 atom stereocenters. The highest BCUT2D eigenvalue weighted by Crippen LogP contribution is 2.12. The molecule has 0 aromatic heterocycles. The van der Waals surface area contributed by atoms with Gasteiger partial charge in [-0.25, -0.2) is 0 Å². The molecule has 0 spiro atoms. The van der Waals surface area contributed by atoms with E-state index in [9.17, 15) is 4.79 Å². The van der Waals surface area contributed by atoms with Crippen LogP contribution in [0, 0.1) is 5.92 Å². The second-order valence-corrected chi connectivity index (χ2v) is 5.42. The van der Waals surface area contributed by atoms with E-state index in [0.717, 1.165) is 18.9 Å². The second-order valence-electron chi connectivity index (χ2n) is 5.42. The summed E-state index contributed by atoms with van der Waals surface area (Å²) in [5, 5.41) is 12.0. The summed E-state index contributed by atoms with van der Waals surface area (Å²) >= 11 is 0. The Morgan fingerprint density at radius 2 is 2.06 bits per heavy atom. The molecule has 0 aromatic carbocycles. The maximum atomic E-state index is 10.4. The van der Waals surface area contributed by atoms with E-state index in [2.05, 4.69) is 24.1 Å². The van der Waals surface area contributed by atoms with Gasteiger partial charge >= 0.3 is 5.97 Å². The molecule has 0 radical (unpaired) electrons. The van der Waals surface area contributed by atoms with Crippen LogP contribution in [0.15, 0.2) is 0 Å². The lowest BCUT2D eigenvalue weighted by molar-refractivity contribution is -0.137. The van der Waals surface area contributed by atoms with Gasteiger partial charge in [0.2, 0.25) is 0 Å². The first-order chi connectivity index (χ1) is 8.08. The summed E-state index contributed by atoms with van der Waals surface area (Å²) in [5.74, 6) is 0.0497. The van der Waals surface area contributed by atoms with Crippen molar-refractivity contribution in [2.45, 2.75) is 45.6 Å². The predicted octanol–water partition coefficient (Wildman–Crippen LogP) is 1.56. The van der Waals surface area contributed by atoms with Crippen molar-refractivity contribution in [1.82, 2.24) is 10.2 Å². The molecule has 1 rings (SSSR count). The third kappa shape index (κ3) is 6.64. The average molecular weight is 242 g/mol. The molecule has 100 valence electrons. The number of hydrogen-bond acceptors (Lipinski definition) is 3. The fourth-order valence-electron chi connectivity index (χ4n) is 2.38. The number of likely N-dealkylation sites (tertiary alicyclic amines) is 1. The van der Waals surface area contributed by atoms with Crippen LogP contribution in [0.3, 0.4) is 0 Å². The van der Waals surface area contributed by atoms with Crippen molar-refractivity contribution in [3.8, 4) is 0 Å². The maximum absolute atomic E-state index is 10.4. The Hall–Kier alpha value is -0.610. The maximum Gasteiger partial charge on any atom is 0.303 e. The summed E-state index contributed by atoms with van der Waals surface area (Å²) in [6.07, 6.45) is 3.40. The lowest BCUT2D eigenvalue weighted by Crippen LogP contribution is -2.43. The highest BCUT2D eigenvalue weighted by molar-refractivity contribution is 5.66. The lowest BCUT2D eigenvalue weighted by atomic mass is 10.0. The molecular formula is C13H26N2O2. The smallest absolute Gasteiger partial charge is 0.303 e. The van der Waals surface area contributed by atoms with Crippen LogP contribution in [-0.2, 0) is 4.79 Å². The molecule has 4 nitrogen and oxygen atoms in total. The van der Waals surface area contributed by atoms with Crippen molar-refractivity contribution in [2.24, 2.45) is 5.92 Å². The van der Waals surface area contributed by atoms with Gasteiger partial charge in [-0.2, -0.15) is 0 Å². The van der Waals surface area contributed by atoms with Gasteiger partial charge in [-0.15, -0.1) is 0 Å². The number of rotatable bonds is 7. The molecule has 0 amide bonds. The molecule has 17 heavy (non-hydrogen) atoms. The van der Waals surface area contributed by atoms with Crippen molar-refractivity contribution < 1.29 is 9.90 Å². The van der Waals surface area contributed by atoms with E-state index in [1.807, 2.05) is 0 Å². The van der Waals surface area contributed by atoms with Crippen molar-refractivity contribution >= 4 is 5.97 Å². The van der Waals surface area contributed by atoms with Crippen molar-refractivity contribution in [3.05, 3.63) is 0 Å². The van der Waals surface area contributed by atoms with E-state index in [4.69, 9.17) is 5.11 Å². The molecule has 1 saturated heterocycles. The van der Waals surface area contributed by atoms with Gasteiger partial charge in [0.15, 0.2) is 0 Å². The number of piperidine rings is 1. The number of carboxylic acid groups (broad SMARTS) is 1. The normalized spacial score (nSPS) is 18.8. The van der Waals surface area contributed by atoms with Crippen LogP contribution in [0.4, 0.5) is 0 Å². The fourth-order valence-corrected chi connectivity index (χ4v) is 2.38. The average Bonchev–Trinajstić information content (AvgIpc) is 2.25. The topological polar surface area (TPSA) is 52.6 Å². The number of carbonyl (C=O) groups is 1. The minimum Gasteiger partial charge on any atom is -0.481 e. The molecule has 0 bridgehead atoms. The van der Waals surface area contributed by atoms with Gasteiger partial charge in [0, 0.05) is 19.0 Å². The number of nitrogens with zero attached hydrogens (tertiary/aromatic N) is 1. The minimum atomic E-state index is -0.696. The van der Waals surface area contributed by atoms with Crippen molar-refractivity contribution in [3.63, 3.8) is 0 Å². The molecule has 1 heterocycles. The first-order valence-corrected chi connectivity index (χ1v) is 6.75. The largest absolute Gasteiger partial charge is 0.481 e. The van der Waals surface area contributed by atoms with E-state index in [-0.39, 0.29) is 6.42 Å². The molecule has 2 N–H and O–H groups in total. The van der Waals surface area contributed by atoms with Crippen molar-refractivity contribution in [1.29, 1.82) is 0 Å². The van der Waals surface area contributed by atoms with Crippen LogP contribution in [0.25, 0.3) is 0 Å². The van der Waals surface area contributed by atoms with Gasteiger partial charge < -0.3 is 15.3 Å². The summed E-state index contributed by atoms with van der Waals surface area (Å²) in [6, 6.07) is 0.590. The summed E-state index contributed by atoms with van der Waals surface area (Å²) in [5.41, 5.74) is 0. The summed E-state index contributed by atoms with van der Waals surface area (Å²) in [4.78, 5) is 12.9. The van der Waals surface area contributed by atoms with Crippen LogP contribution in [0.5, 0.6) is 0 Å². The Morgan fingerprint density at radius 3 is 2.59 bits per heavy atom. The third-order valence-corrected chi connectivity index (χ3v) is 3.21. The van der Waals surface area contributed by atoms with E-state index in [1.54, 1.807) is 0 Å². The van der Waals surface area contributed by atoms with Gasteiger partial charge in [-0.05, 0) is 44.8 Å². The standard InChI is InChI=1S/C13H26N2O2/c1-11(2)10-15-8-5-12(6-9-15)14-7-3-4-13(16)17/h11-12,14H,3-10H2,1-2H3,(H,16,17). The molecule has 1 aliphatic rings. The molecule has 0 aliphatic carbocycles. The zero-order valence-electron chi connectivity index (χ0n) is 11.1. The third-order valence-electron chi connectivity index (χ3n) is 3.21. The zero-order chi connectivity index (χ0) is 12.7. The molecule has 0 saturated carbocycles. The van der Waals surface area contributed by atoms with Crippen LogP contribution >= 0.6 is 0 Å². The predicted molar refractivity (Wildman–Crippen MR) is 69.2 cm³/mol. The molecule has 0 aromatic rings. The van der Waals surface area contributed by atoms with Crippen LogP contribution < -0.4 is 5.32 Å². The van der Waals surface area contributed by atoms with Gasteiger partial charge in [0.05, 0.1) is 0 Å². The highest BCUT2D eigenvalue weighted by Gasteiger charge is 2.18. The quantitative estimate of drug-likeness (QED) is 0.665. The number of aliphatic carboxylic acids is 1. The number of nitrogens with one attached hydrogen (secondary N) is 1.